The van der Waals surface area contributed by atoms with Crippen molar-refractivity contribution in [2.45, 2.75) is 24.5 Å². The third-order valence-electron chi connectivity index (χ3n) is 3.12. The number of carbonyl (C=O) groups is 1. The Morgan fingerprint density at radius 2 is 2.29 bits per heavy atom. The van der Waals surface area contributed by atoms with Crippen LogP contribution in [0.5, 0.6) is 0 Å². The van der Waals surface area contributed by atoms with Crippen LogP contribution in [-0.2, 0) is 4.79 Å². The zero-order valence-corrected chi connectivity index (χ0v) is 15.7. The first-order valence-corrected chi connectivity index (χ1v) is 9.99. The monoisotopic (exact) mass is 436 g/mol. The van der Waals surface area contributed by atoms with Crippen molar-refractivity contribution in [3.8, 4) is 0 Å². The number of carboxylic acids is 1. The van der Waals surface area contributed by atoms with Gasteiger partial charge in [0.1, 0.15) is 0 Å². The number of rotatable bonds is 7. The Morgan fingerprint density at radius 3 is 2.95 bits per heavy atom. The maximum Gasteiger partial charge on any atom is 0.313 e. The predicted molar refractivity (Wildman–Crippen MR) is 98.5 cm³/mol. The van der Waals surface area contributed by atoms with E-state index in [2.05, 4.69) is 57.5 Å². The summed E-state index contributed by atoms with van der Waals surface area (Å²) in [5.74, 6) is 0.300. The molecule has 1 unspecified atom stereocenters. The molecule has 21 heavy (non-hydrogen) atoms. The summed E-state index contributed by atoms with van der Waals surface area (Å²) in [7, 11) is 0. The van der Waals surface area contributed by atoms with Gasteiger partial charge in [-0.15, -0.1) is 0 Å². The van der Waals surface area contributed by atoms with Gasteiger partial charge in [-0.2, -0.15) is 11.8 Å². The fourth-order valence-electron chi connectivity index (χ4n) is 2.12. The highest BCUT2D eigenvalue weighted by molar-refractivity contribution is 14.1. The molecule has 1 atom stereocenters. The van der Waals surface area contributed by atoms with Gasteiger partial charge in [0.15, 0.2) is 5.16 Å². The smallest absolute Gasteiger partial charge is 0.313 e. The molecule has 2 aromatic rings. The Bertz CT molecular complexity index is 645. The summed E-state index contributed by atoms with van der Waals surface area (Å²) in [6.07, 6.45) is 3.14. The second-order valence-electron chi connectivity index (χ2n) is 4.71. The van der Waals surface area contributed by atoms with Crippen molar-refractivity contribution in [1.82, 2.24) is 9.55 Å². The molecule has 1 N–H and O–H groups in total. The minimum absolute atomic E-state index is 0.0374. The second-order valence-corrected chi connectivity index (χ2v) is 7.88. The van der Waals surface area contributed by atoms with Gasteiger partial charge in [0, 0.05) is 9.61 Å². The molecule has 0 bridgehead atoms. The molecule has 0 aliphatic rings. The standard InChI is InChI=1S/C14H17IN2O2S2/c1-9(5-6-20-2)17-12-4-3-10(15)7-11(12)16-14(17)21-8-13(18)19/h3-4,7,9H,5-6,8H2,1-2H3,(H,18,19). The summed E-state index contributed by atoms with van der Waals surface area (Å²) in [5, 5.41) is 9.70. The summed E-state index contributed by atoms with van der Waals surface area (Å²) in [4.78, 5) is 15.5. The second kappa shape index (κ2) is 7.73. The van der Waals surface area contributed by atoms with Crippen molar-refractivity contribution in [2.75, 3.05) is 17.8 Å². The largest absolute Gasteiger partial charge is 0.481 e. The first-order valence-electron chi connectivity index (χ1n) is 6.54. The Balaban J connectivity index is 2.41. The molecule has 0 amide bonds. The molecular weight excluding hydrogens is 419 g/mol. The van der Waals surface area contributed by atoms with Gasteiger partial charge in [-0.1, -0.05) is 11.8 Å². The van der Waals surface area contributed by atoms with Crippen molar-refractivity contribution in [3.63, 3.8) is 0 Å². The maximum atomic E-state index is 10.8. The lowest BCUT2D eigenvalue weighted by Gasteiger charge is -2.16. The highest BCUT2D eigenvalue weighted by atomic mass is 127. The summed E-state index contributed by atoms with van der Waals surface area (Å²) >= 11 is 5.38. The fraction of sp³-hybridized carbons (Fsp3) is 0.429. The van der Waals surface area contributed by atoms with Crippen LogP contribution in [0.4, 0.5) is 0 Å². The van der Waals surface area contributed by atoms with Crippen LogP contribution in [0, 0.1) is 3.57 Å². The van der Waals surface area contributed by atoms with Crippen LogP contribution < -0.4 is 0 Å². The SMILES string of the molecule is CSCCC(C)n1c(SCC(=O)O)nc2cc(I)ccc21. The van der Waals surface area contributed by atoms with Gasteiger partial charge in [0.2, 0.25) is 0 Å². The molecule has 0 radical (unpaired) electrons. The van der Waals surface area contributed by atoms with Crippen molar-refractivity contribution in [3.05, 3.63) is 21.8 Å². The van der Waals surface area contributed by atoms with E-state index < -0.39 is 5.97 Å². The van der Waals surface area contributed by atoms with Crippen LogP contribution >= 0.6 is 46.1 Å². The molecular formula is C14H17IN2O2S2. The van der Waals surface area contributed by atoms with Crippen LogP contribution in [0.15, 0.2) is 23.4 Å². The van der Waals surface area contributed by atoms with Crippen molar-refractivity contribution in [1.29, 1.82) is 0 Å². The van der Waals surface area contributed by atoms with Crippen molar-refractivity contribution >= 4 is 63.1 Å². The molecule has 0 saturated carbocycles. The van der Waals surface area contributed by atoms with Crippen LogP contribution in [0.2, 0.25) is 0 Å². The third-order valence-corrected chi connectivity index (χ3v) is 5.38. The van der Waals surface area contributed by atoms with Crippen LogP contribution in [0.3, 0.4) is 0 Å². The summed E-state index contributed by atoms with van der Waals surface area (Å²) < 4.78 is 3.31. The van der Waals surface area contributed by atoms with E-state index in [1.54, 1.807) is 0 Å². The molecule has 0 fully saturated rings. The number of thioether (sulfide) groups is 2. The Kier molecular flexibility index (Phi) is 6.24. The van der Waals surface area contributed by atoms with Crippen LogP contribution in [0.1, 0.15) is 19.4 Å². The van der Waals surface area contributed by atoms with E-state index in [9.17, 15) is 4.79 Å². The van der Waals surface area contributed by atoms with Gasteiger partial charge in [-0.3, -0.25) is 4.79 Å². The summed E-state index contributed by atoms with van der Waals surface area (Å²) in [5.41, 5.74) is 2.02. The number of fused-ring (bicyclic) bond motifs is 1. The van der Waals surface area contributed by atoms with Gasteiger partial charge in [0.25, 0.3) is 0 Å². The van der Waals surface area contributed by atoms with E-state index >= 15 is 0 Å². The van der Waals surface area contributed by atoms with Gasteiger partial charge in [-0.25, -0.2) is 4.98 Å². The van der Waals surface area contributed by atoms with Gasteiger partial charge in [0.05, 0.1) is 16.8 Å². The number of benzene rings is 1. The van der Waals surface area contributed by atoms with Crippen LogP contribution in [0.25, 0.3) is 11.0 Å². The quantitative estimate of drug-likeness (QED) is 0.523. The minimum Gasteiger partial charge on any atom is -0.481 e. The number of hydrogen-bond acceptors (Lipinski definition) is 4. The maximum absolute atomic E-state index is 10.8. The molecule has 7 heteroatoms. The Hall–Kier alpha value is -0.410. The zero-order chi connectivity index (χ0) is 15.4. The predicted octanol–water partition coefficient (Wildman–Crippen LogP) is 4.13. The average Bonchev–Trinajstić information content (AvgIpc) is 2.79. The van der Waals surface area contributed by atoms with E-state index in [-0.39, 0.29) is 5.75 Å². The molecule has 4 nitrogen and oxygen atoms in total. The molecule has 0 aliphatic carbocycles. The lowest BCUT2D eigenvalue weighted by Crippen LogP contribution is -2.09. The molecule has 2 rings (SSSR count). The first kappa shape index (κ1) is 17.0. The number of hydrogen-bond donors (Lipinski definition) is 1. The lowest BCUT2D eigenvalue weighted by atomic mass is 10.2. The van der Waals surface area contributed by atoms with E-state index in [4.69, 9.17) is 5.11 Å². The number of aromatic nitrogens is 2. The van der Waals surface area contributed by atoms with Gasteiger partial charge >= 0.3 is 5.97 Å². The third kappa shape index (κ3) is 4.29. The molecule has 1 aromatic heterocycles. The molecule has 0 saturated heterocycles. The zero-order valence-electron chi connectivity index (χ0n) is 11.9. The minimum atomic E-state index is -0.815. The van der Waals surface area contributed by atoms with Crippen molar-refractivity contribution in [2.24, 2.45) is 0 Å². The van der Waals surface area contributed by atoms with Gasteiger partial charge < -0.3 is 9.67 Å². The summed E-state index contributed by atoms with van der Waals surface area (Å²) in [6, 6.07) is 6.48. The number of halogens is 1. The molecule has 114 valence electrons. The van der Waals surface area contributed by atoms with E-state index in [1.165, 1.54) is 11.8 Å². The number of imidazole rings is 1. The highest BCUT2D eigenvalue weighted by Crippen LogP contribution is 2.30. The lowest BCUT2D eigenvalue weighted by molar-refractivity contribution is -0.133. The molecule has 0 aliphatic heterocycles. The topological polar surface area (TPSA) is 55.1 Å². The molecule has 1 aromatic carbocycles. The summed E-state index contributed by atoms with van der Waals surface area (Å²) in [6.45, 7) is 2.17. The fourth-order valence-corrected chi connectivity index (χ4v) is 4.01. The van der Waals surface area contributed by atoms with E-state index in [0.717, 1.165) is 31.9 Å². The number of nitrogens with zero attached hydrogens (tertiary/aromatic N) is 2. The van der Waals surface area contributed by atoms with Gasteiger partial charge in [-0.05, 0) is 66.1 Å². The molecule has 1 heterocycles. The highest BCUT2D eigenvalue weighted by Gasteiger charge is 2.17. The average molecular weight is 436 g/mol. The normalized spacial score (nSPS) is 12.7. The van der Waals surface area contributed by atoms with Crippen molar-refractivity contribution < 1.29 is 9.90 Å². The molecule has 0 spiro atoms. The number of aliphatic carboxylic acids is 1. The Morgan fingerprint density at radius 1 is 1.52 bits per heavy atom. The van der Waals surface area contributed by atoms with E-state index in [0.29, 0.717) is 6.04 Å². The first-order chi connectivity index (χ1) is 10.0. The van der Waals surface area contributed by atoms with Crippen LogP contribution in [-0.4, -0.2) is 38.4 Å². The number of carboxylic acid groups (broad SMARTS) is 1. The Labute approximate surface area is 146 Å². The van der Waals surface area contributed by atoms with E-state index in [1.807, 2.05) is 17.8 Å².